The second-order valence-corrected chi connectivity index (χ2v) is 7.11. The highest BCUT2D eigenvalue weighted by Crippen LogP contribution is 2.34. The fourth-order valence-electron chi connectivity index (χ4n) is 3.96. The normalized spacial score (nSPS) is 12.9. The SMILES string of the molecule is COc1ccc2c(n1)CC(=O)Cc1c-2cccc1-n1ncc2cccc(F)c2c1=O. The van der Waals surface area contributed by atoms with Crippen LogP contribution < -0.4 is 10.3 Å². The van der Waals surface area contributed by atoms with E-state index in [-0.39, 0.29) is 24.0 Å². The molecule has 4 aromatic rings. The fraction of sp³-hybridized carbons (Fsp3) is 0.130. The molecule has 0 radical (unpaired) electrons. The van der Waals surface area contributed by atoms with Gasteiger partial charge < -0.3 is 4.74 Å². The molecule has 0 amide bonds. The number of hydrogen-bond acceptors (Lipinski definition) is 5. The summed E-state index contributed by atoms with van der Waals surface area (Å²) in [4.78, 5) is 30.2. The fourth-order valence-corrected chi connectivity index (χ4v) is 3.96. The minimum atomic E-state index is -0.603. The number of pyridine rings is 1. The summed E-state index contributed by atoms with van der Waals surface area (Å²) >= 11 is 0. The number of benzene rings is 2. The summed E-state index contributed by atoms with van der Waals surface area (Å²) in [6.07, 6.45) is 1.74. The van der Waals surface area contributed by atoms with Crippen molar-refractivity contribution in [3.63, 3.8) is 0 Å². The van der Waals surface area contributed by atoms with Gasteiger partial charge in [-0.2, -0.15) is 9.78 Å². The summed E-state index contributed by atoms with van der Waals surface area (Å²) in [5.74, 6) is -0.208. The monoisotopic (exact) mass is 401 g/mol. The van der Waals surface area contributed by atoms with Crippen LogP contribution in [0.3, 0.4) is 0 Å². The van der Waals surface area contributed by atoms with Gasteiger partial charge in [-0.1, -0.05) is 24.3 Å². The lowest BCUT2D eigenvalue weighted by Gasteiger charge is -2.15. The molecule has 7 heteroatoms. The number of aromatic nitrogens is 3. The first kappa shape index (κ1) is 18.2. The lowest BCUT2D eigenvalue weighted by molar-refractivity contribution is -0.117. The molecule has 2 aromatic heterocycles. The molecule has 0 aliphatic heterocycles. The summed E-state index contributed by atoms with van der Waals surface area (Å²) in [6, 6.07) is 13.4. The Labute approximate surface area is 170 Å². The van der Waals surface area contributed by atoms with Crippen LogP contribution >= 0.6 is 0 Å². The van der Waals surface area contributed by atoms with Crippen molar-refractivity contribution in [2.75, 3.05) is 7.11 Å². The number of fused-ring (bicyclic) bond motifs is 4. The van der Waals surface area contributed by atoms with Crippen LogP contribution in [0.1, 0.15) is 11.3 Å². The molecule has 0 unspecified atom stereocenters. The first-order valence-corrected chi connectivity index (χ1v) is 9.41. The predicted octanol–water partition coefficient (Wildman–Crippen LogP) is 3.26. The van der Waals surface area contributed by atoms with Crippen molar-refractivity contribution in [2.24, 2.45) is 0 Å². The summed E-state index contributed by atoms with van der Waals surface area (Å²) in [5.41, 5.74) is 2.78. The molecule has 1 aliphatic carbocycles. The lowest BCUT2D eigenvalue weighted by Crippen LogP contribution is -2.23. The maximum absolute atomic E-state index is 14.4. The van der Waals surface area contributed by atoms with Crippen LogP contribution in [0.5, 0.6) is 5.88 Å². The maximum atomic E-state index is 14.4. The second kappa shape index (κ2) is 6.88. The van der Waals surface area contributed by atoms with E-state index in [1.165, 1.54) is 30.1 Å². The van der Waals surface area contributed by atoms with Gasteiger partial charge in [0, 0.05) is 29.9 Å². The Morgan fingerprint density at radius 1 is 1.00 bits per heavy atom. The Morgan fingerprint density at radius 3 is 2.67 bits per heavy atom. The number of hydrogen-bond donors (Lipinski definition) is 0. The lowest BCUT2D eigenvalue weighted by atomic mass is 9.97. The van der Waals surface area contributed by atoms with Crippen LogP contribution in [-0.2, 0) is 17.6 Å². The van der Waals surface area contributed by atoms with E-state index in [4.69, 9.17) is 4.74 Å². The number of rotatable bonds is 2. The average molecular weight is 401 g/mol. The quantitative estimate of drug-likeness (QED) is 0.515. The van der Waals surface area contributed by atoms with Crippen LogP contribution in [-0.4, -0.2) is 27.7 Å². The standard InChI is InChI=1S/C23H16FN3O3/c1-30-21-9-8-16-15-5-3-7-20(17(15)10-14(28)11-19(16)26-21)27-23(29)22-13(12-25-27)4-2-6-18(22)24/h2-9,12H,10-11H2,1H3. The maximum Gasteiger partial charge on any atom is 0.282 e. The van der Waals surface area contributed by atoms with E-state index >= 15 is 0 Å². The van der Waals surface area contributed by atoms with Gasteiger partial charge in [-0.25, -0.2) is 9.37 Å². The molecule has 1 aliphatic rings. The predicted molar refractivity (Wildman–Crippen MR) is 109 cm³/mol. The molecular formula is C23H16FN3O3. The van der Waals surface area contributed by atoms with Crippen molar-refractivity contribution >= 4 is 16.6 Å². The van der Waals surface area contributed by atoms with E-state index in [2.05, 4.69) is 10.1 Å². The summed E-state index contributed by atoms with van der Waals surface area (Å²) < 4.78 is 20.7. The van der Waals surface area contributed by atoms with E-state index < -0.39 is 11.4 Å². The topological polar surface area (TPSA) is 74.1 Å². The van der Waals surface area contributed by atoms with Crippen molar-refractivity contribution < 1.29 is 13.9 Å². The van der Waals surface area contributed by atoms with E-state index in [9.17, 15) is 14.0 Å². The molecule has 0 atom stereocenters. The highest BCUT2D eigenvalue weighted by molar-refractivity contribution is 5.91. The molecule has 0 N–H and O–H groups in total. The van der Waals surface area contributed by atoms with E-state index in [0.29, 0.717) is 28.2 Å². The molecule has 2 heterocycles. The van der Waals surface area contributed by atoms with Gasteiger partial charge in [0.05, 0.1) is 30.1 Å². The minimum absolute atomic E-state index is 0.0307. The largest absolute Gasteiger partial charge is 0.481 e. The highest BCUT2D eigenvalue weighted by atomic mass is 19.1. The van der Waals surface area contributed by atoms with Gasteiger partial charge in [-0.3, -0.25) is 9.59 Å². The van der Waals surface area contributed by atoms with Gasteiger partial charge in [-0.15, -0.1) is 0 Å². The Hall–Kier alpha value is -3.87. The number of methoxy groups -OCH3 is 1. The van der Waals surface area contributed by atoms with Crippen molar-refractivity contribution in [1.29, 1.82) is 0 Å². The third-order valence-corrected chi connectivity index (χ3v) is 5.33. The number of halogens is 1. The van der Waals surface area contributed by atoms with E-state index in [0.717, 1.165) is 11.1 Å². The molecule has 148 valence electrons. The summed E-state index contributed by atoms with van der Waals surface area (Å²) in [5, 5.41) is 4.65. The Kier molecular flexibility index (Phi) is 4.17. The molecule has 0 saturated heterocycles. The van der Waals surface area contributed by atoms with Gasteiger partial charge in [0.2, 0.25) is 5.88 Å². The number of ketones is 1. The minimum Gasteiger partial charge on any atom is -0.481 e. The van der Waals surface area contributed by atoms with Crippen molar-refractivity contribution in [2.45, 2.75) is 12.8 Å². The molecule has 5 rings (SSSR count). The molecule has 0 saturated carbocycles. The van der Waals surface area contributed by atoms with Gasteiger partial charge in [0.1, 0.15) is 11.6 Å². The number of carbonyl (C=O) groups is 1. The van der Waals surface area contributed by atoms with Crippen LogP contribution in [0.25, 0.3) is 27.6 Å². The average Bonchev–Trinajstić information content (AvgIpc) is 2.88. The van der Waals surface area contributed by atoms with Crippen molar-refractivity contribution in [3.05, 3.63) is 82.2 Å². The Balaban J connectivity index is 1.79. The zero-order valence-corrected chi connectivity index (χ0v) is 16.1. The number of ether oxygens (including phenoxy) is 1. The third-order valence-electron chi connectivity index (χ3n) is 5.33. The molecular weight excluding hydrogens is 385 g/mol. The van der Waals surface area contributed by atoms with Crippen LogP contribution in [0.15, 0.2) is 59.5 Å². The molecule has 6 nitrogen and oxygen atoms in total. The number of Topliss-reactive ketones (excluding diaryl/α,β-unsaturated/α-hetero) is 1. The zero-order valence-electron chi connectivity index (χ0n) is 16.1. The van der Waals surface area contributed by atoms with Gasteiger partial charge in [-0.05, 0) is 29.3 Å². The third kappa shape index (κ3) is 2.78. The molecule has 0 bridgehead atoms. The number of nitrogens with zero attached hydrogens (tertiary/aromatic N) is 3. The molecule has 0 fully saturated rings. The van der Waals surface area contributed by atoms with Crippen LogP contribution in [0, 0.1) is 5.82 Å². The summed E-state index contributed by atoms with van der Waals surface area (Å²) in [7, 11) is 1.52. The molecule has 0 spiro atoms. The number of carbonyl (C=O) groups excluding carboxylic acids is 1. The van der Waals surface area contributed by atoms with Crippen LogP contribution in [0.2, 0.25) is 0 Å². The van der Waals surface area contributed by atoms with E-state index in [1.807, 2.05) is 12.1 Å². The smallest absolute Gasteiger partial charge is 0.282 e. The second-order valence-electron chi connectivity index (χ2n) is 7.11. The first-order valence-electron chi connectivity index (χ1n) is 9.41. The van der Waals surface area contributed by atoms with Gasteiger partial charge in [0.25, 0.3) is 5.56 Å². The van der Waals surface area contributed by atoms with Crippen molar-refractivity contribution in [3.8, 4) is 22.7 Å². The Bertz CT molecular complexity index is 1390. The highest BCUT2D eigenvalue weighted by Gasteiger charge is 2.24. The Morgan fingerprint density at radius 2 is 1.83 bits per heavy atom. The first-order chi connectivity index (χ1) is 14.6. The van der Waals surface area contributed by atoms with Gasteiger partial charge in [0.15, 0.2) is 0 Å². The van der Waals surface area contributed by atoms with Crippen LogP contribution in [0.4, 0.5) is 4.39 Å². The molecule has 30 heavy (non-hydrogen) atoms. The summed E-state index contributed by atoms with van der Waals surface area (Å²) in [6.45, 7) is 0. The van der Waals surface area contributed by atoms with E-state index in [1.54, 1.807) is 24.3 Å². The zero-order chi connectivity index (χ0) is 20.8. The van der Waals surface area contributed by atoms with Crippen molar-refractivity contribution in [1.82, 2.24) is 14.8 Å². The van der Waals surface area contributed by atoms with Gasteiger partial charge >= 0.3 is 0 Å². The molecule has 2 aromatic carbocycles.